The molecule has 0 saturated carbocycles. The zero-order valence-electron chi connectivity index (χ0n) is 17.1. The number of aryl methyl sites for hydroxylation is 1. The quantitative estimate of drug-likeness (QED) is 0.847. The third kappa shape index (κ3) is 4.01. The van der Waals surface area contributed by atoms with Crippen molar-refractivity contribution in [2.75, 3.05) is 18.0 Å². The van der Waals surface area contributed by atoms with E-state index < -0.39 is 0 Å². The Balaban J connectivity index is 1.39. The number of benzene rings is 2. The van der Waals surface area contributed by atoms with Gasteiger partial charge in [-0.1, -0.05) is 35.9 Å². The summed E-state index contributed by atoms with van der Waals surface area (Å²) in [6.45, 7) is 8.13. The van der Waals surface area contributed by atoms with E-state index in [4.69, 9.17) is 4.74 Å². The van der Waals surface area contributed by atoms with Crippen molar-refractivity contribution in [2.24, 2.45) is 5.92 Å². The smallest absolute Gasteiger partial charge is 0.223 e. The molecule has 4 nitrogen and oxygen atoms in total. The van der Waals surface area contributed by atoms with Crippen LogP contribution in [0.25, 0.3) is 0 Å². The summed E-state index contributed by atoms with van der Waals surface area (Å²) in [5.74, 6) is 1.15. The first-order chi connectivity index (χ1) is 13.4. The molecule has 0 spiro atoms. The van der Waals surface area contributed by atoms with Crippen LogP contribution in [0.2, 0.25) is 0 Å². The first-order valence-corrected chi connectivity index (χ1v) is 10.3. The van der Waals surface area contributed by atoms with Crippen LogP contribution in [0.15, 0.2) is 48.5 Å². The molecule has 2 aliphatic heterocycles. The minimum atomic E-state index is -0.277. The number of rotatable bonds is 3. The number of nitrogens with one attached hydrogen (secondary N) is 1. The second kappa shape index (κ2) is 7.50. The first kappa shape index (κ1) is 18.9. The molecule has 1 unspecified atom stereocenters. The third-order valence-electron chi connectivity index (χ3n) is 5.96. The lowest BCUT2D eigenvalue weighted by atomic mass is 9.88. The standard InChI is InChI=1S/C24H30N2O2/c1-17-8-10-19(11-9-17)26-14-12-18(13-15-26)23(27)25-21-16-24(2,3)28-22-7-5-4-6-20(21)22/h4-11,18,21H,12-16H2,1-3H3,(H,25,27). The molecular formula is C24H30N2O2. The van der Waals surface area contributed by atoms with Gasteiger partial charge in [-0.15, -0.1) is 0 Å². The van der Waals surface area contributed by atoms with Crippen LogP contribution in [0.3, 0.4) is 0 Å². The number of hydrogen-bond donors (Lipinski definition) is 1. The highest BCUT2D eigenvalue weighted by Gasteiger charge is 2.35. The minimum Gasteiger partial charge on any atom is -0.487 e. The van der Waals surface area contributed by atoms with Crippen LogP contribution in [0.5, 0.6) is 5.75 Å². The predicted molar refractivity (Wildman–Crippen MR) is 113 cm³/mol. The second-order valence-corrected chi connectivity index (χ2v) is 8.76. The molecule has 0 aliphatic carbocycles. The molecule has 2 aromatic carbocycles. The van der Waals surface area contributed by atoms with Gasteiger partial charge in [-0.25, -0.2) is 0 Å². The monoisotopic (exact) mass is 378 g/mol. The molecule has 1 fully saturated rings. The Kier molecular flexibility index (Phi) is 5.05. The molecule has 1 atom stereocenters. The van der Waals surface area contributed by atoms with E-state index >= 15 is 0 Å². The molecule has 28 heavy (non-hydrogen) atoms. The highest BCUT2D eigenvalue weighted by molar-refractivity contribution is 5.79. The summed E-state index contributed by atoms with van der Waals surface area (Å²) >= 11 is 0. The van der Waals surface area contributed by atoms with Crippen LogP contribution in [0.4, 0.5) is 5.69 Å². The number of amides is 1. The van der Waals surface area contributed by atoms with Crippen LogP contribution >= 0.6 is 0 Å². The molecule has 2 aromatic rings. The molecule has 0 radical (unpaired) electrons. The topological polar surface area (TPSA) is 41.6 Å². The molecule has 2 heterocycles. The maximum absolute atomic E-state index is 13.0. The molecule has 4 heteroatoms. The Bertz CT molecular complexity index is 836. The van der Waals surface area contributed by atoms with Crippen molar-refractivity contribution in [3.63, 3.8) is 0 Å². The van der Waals surface area contributed by atoms with Gasteiger partial charge in [0.1, 0.15) is 11.4 Å². The van der Waals surface area contributed by atoms with Crippen molar-refractivity contribution >= 4 is 11.6 Å². The summed E-state index contributed by atoms with van der Waals surface area (Å²) in [4.78, 5) is 15.4. The average molecular weight is 379 g/mol. The van der Waals surface area contributed by atoms with Crippen LogP contribution in [-0.4, -0.2) is 24.6 Å². The van der Waals surface area contributed by atoms with Crippen LogP contribution < -0.4 is 15.0 Å². The van der Waals surface area contributed by atoms with Crippen LogP contribution in [0.1, 0.15) is 50.3 Å². The molecule has 148 valence electrons. The Morgan fingerprint density at radius 2 is 1.75 bits per heavy atom. The van der Waals surface area contributed by atoms with Crippen molar-refractivity contribution in [3.8, 4) is 5.75 Å². The van der Waals surface area contributed by atoms with E-state index in [1.165, 1.54) is 11.3 Å². The maximum atomic E-state index is 13.0. The Morgan fingerprint density at radius 1 is 1.07 bits per heavy atom. The summed E-state index contributed by atoms with van der Waals surface area (Å²) in [5, 5.41) is 3.33. The van der Waals surface area contributed by atoms with E-state index in [0.717, 1.165) is 43.7 Å². The summed E-state index contributed by atoms with van der Waals surface area (Å²) in [7, 11) is 0. The largest absolute Gasteiger partial charge is 0.487 e. The van der Waals surface area contributed by atoms with Crippen molar-refractivity contribution in [3.05, 3.63) is 59.7 Å². The van der Waals surface area contributed by atoms with Gasteiger partial charge >= 0.3 is 0 Å². The lowest BCUT2D eigenvalue weighted by Gasteiger charge is -2.39. The normalized spacial score (nSPS) is 21.5. The molecule has 4 rings (SSSR count). The van der Waals surface area contributed by atoms with Gasteiger partial charge in [0.25, 0.3) is 0 Å². The number of nitrogens with zero attached hydrogens (tertiary/aromatic N) is 1. The van der Waals surface area contributed by atoms with E-state index in [0.29, 0.717) is 0 Å². The third-order valence-corrected chi connectivity index (χ3v) is 5.96. The number of para-hydroxylation sites is 1. The van der Waals surface area contributed by atoms with Crippen molar-refractivity contribution < 1.29 is 9.53 Å². The van der Waals surface area contributed by atoms with Gasteiger partial charge in [-0.2, -0.15) is 0 Å². The molecule has 0 aromatic heterocycles. The molecule has 1 amide bonds. The van der Waals surface area contributed by atoms with E-state index in [2.05, 4.69) is 61.3 Å². The van der Waals surface area contributed by atoms with Gasteiger partial charge < -0.3 is 15.0 Å². The molecule has 2 aliphatic rings. The van der Waals surface area contributed by atoms with Crippen molar-refractivity contribution in [1.29, 1.82) is 0 Å². The zero-order chi connectivity index (χ0) is 19.7. The Labute approximate surface area is 167 Å². The fourth-order valence-electron chi connectivity index (χ4n) is 4.38. The number of piperidine rings is 1. The summed E-state index contributed by atoms with van der Waals surface area (Å²) < 4.78 is 6.09. The number of ether oxygens (including phenoxy) is 1. The number of hydrogen-bond acceptors (Lipinski definition) is 3. The zero-order valence-corrected chi connectivity index (χ0v) is 17.1. The van der Waals surface area contributed by atoms with Gasteiger partial charge in [0.15, 0.2) is 0 Å². The van der Waals surface area contributed by atoms with Gasteiger partial charge in [-0.05, 0) is 51.8 Å². The molecule has 1 N–H and O–H groups in total. The molecule has 0 bridgehead atoms. The number of carbonyl (C=O) groups is 1. The van der Waals surface area contributed by atoms with Gasteiger partial charge in [0.05, 0.1) is 6.04 Å². The second-order valence-electron chi connectivity index (χ2n) is 8.76. The van der Waals surface area contributed by atoms with E-state index in [1.54, 1.807) is 0 Å². The number of carbonyl (C=O) groups excluding carboxylic acids is 1. The summed E-state index contributed by atoms with van der Waals surface area (Å²) in [6, 6.07) is 16.7. The molecular weight excluding hydrogens is 348 g/mol. The highest BCUT2D eigenvalue weighted by Crippen LogP contribution is 2.39. The first-order valence-electron chi connectivity index (χ1n) is 10.3. The lowest BCUT2D eigenvalue weighted by molar-refractivity contribution is -0.126. The number of anilines is 1. The average Bonchev–Trinajstić information content (AvgIpc) is 2.68. The van der Waals surface area contributed by atoms with Gasteiger partial charge in [-0.3, -0.25) is 4.79 Å². The minimum absolute atomic E-state index is 0.0163. The fraction of sp³-hybridized carbons (Fsp3) is 0.458. The predicted octanol–water partition coefficient (Wildman–Crippen LogP) is 4.63. The number of fused-ring (bicyclic) bond motifs is 1. The Morgan fingerprint density at radius 3 is 2.46 bits per heavy atom. The molecule has 1 saturated heterocycles. The van der Waals surface area contributed by atoms with E-state index in [-0.39, 0.29) is 23.5 Å². The van der Waals surface area contributed by atoms with E-state index in [9.17, 15) is 4.79 Å². The highest BCUT2D eigenvalue weighted by atomic mass is 16.5. The maximum Gasteiger partial charge on any atom is 0.223 e. The van der Waals surface area contributed by atoms with Crippen molar-refractivity contribution in [2.45, 2.75) is 51.7 Å². The fourth-order valence-corrected chi connectivity index (χ4v) is 4.38. The Hall–Kier alpha value is -2.49. The lowest BCUT2D eigenvalue weighted by Crippen LogP contribution is -2.45. The SMILES string of the molecule is Cc1ccc(N2CCC(C(=O)NC3CC(C)(C)Oc4ccccc43)CC2)cc1. The van der Waals surface area contributed by atoms with Crippen LogP contribution in [-0.2, 0) is 4.79 Å². The summed E-state index contributed by atoms with van der Waals surface area (Å²) in [5.41, 5.74) is 3.34. The van der Waals surface area contributed by atoms with Crippen LogP contribution in [0, 0.1) is 12.8 Å². The van der Waals surface area contributed by atoms with Crippen molar-refractivity contribution in [1.82, 2.24) is 5.32 Å². The van der Waals surface area contributed by atoms with Gasteiger partial charge in [0.2, 0.25) is 5.91 Å². The summed E-state index contributed by atoms with van der Waals surface area (Å²) in [6.07, 6.45) is 2.58. The van der Waals surface area contributed by atoms with Gasteiger partial charge in [0, 0.05) is 36.7 Å². The van der Waals surface area contributed by atoms with E-state index in [1.807, 2.05) is 18.2 Å².